The van der Waals surface area contributed by atoms with E-state index in [1.165, 1.54) is 26.4 Å². The molecule has 0 radical (unpaired) electrons. The molecule has 172 valence electrons. The molecule has 31 heavy (non-hydrogen) atoms. The topological polar surface area (TPSA) is 99.1 Å². The number of benzene rings is 1. The van der Waals surface area contributed by atoms with Crippen LogP contribution in [0.1, 0.15) is 38.8 Å². The number of nitrogens with one attached hydrogen (secondary N) is 1. The average Bonchev–Trinajstić information content (AvgIpc) is 2.68. The maximum Gasteiger partial charge on any atom is 0.403 e. The lowest BCUT2D eigenvalue weighted by atomic mass is 10.00. The molecular formula is C22H33N2O6P. The van der Waals surface area contributed by atoms with E-state index in [0.29, 0.717) is 5.82 Å². The molecule has 0 aliphatic heterocycles. The van der Waals surface area contributed by atoms with Crippen molar-refractivity contribution in [2.45, 2.75) is 47.2 Å². The number of hydrogen-bond acceptors (Lipinski definition) is 8. The van der Waals surface area contributed by atoms with Crippen LogP contribution in [0.2, 0.25) is 0 Å². The van der Waals surface area contributed by atoms with Crippen LogP contribution in [0.4, 0.5) is 5.82 Å². The Labute approximate surface area is 184 Å². The molecule has 0 fully saturated rings. The summed E-state index contributed by atoms with van der Waals surface area (Å²) in [5, 5.41) is 10.3. The zero-order chi connectivity index (χ0) is 23.3. The normalized spacial score (nSPS) is 13.4. The van der Waals surface area contributed by atoms with E-state index < -0.39 is 13.3 Å². The SMILES string of the molecule is COc1cc(OP(=O)(ONc2nccc(C)c2C)C(C(C)C)C(C)C)cc(O)c1OC. The van der Waals surface area contributed by atoms with E-state index in [0.717, 1.165) is 11.1 Å². The van der Waals surface area contributed by atoms with Crippen LogP contribution in [0.3, 0.4) is 0 Å². The van der Waals surface area contributed by atoms with E-state index in [9.17, 15) is 9.67 Å². The maximum atomic E-state index is 14.1. The van der Waals surface area contributed by atoms with Gasteiger partial charge in [-0.25, -0.2) is 15.0 Å². The predicted molar refractivity (Wildman–Crippen MR) is 121 cm³/mol. The van der Waals surface area contributed by atoms with Crippen LogP contribution in [-0.4, -0.2) is 30.0 Å². The van der Waals surface area contributed by atoms with Gasteiger partial charge in [-0.05, 0) is 42.9 Å². The van der Waals surface area contributed by atoms with Gasteiger partial charge >= 0.3 is 7.60 Å². The van der Waals surface area contributed by atoms with Crippen molar-refractivity contribution in [3.63, 3.8) is 0 Å². The number of methoxy groups -OCH3 is 2. The van der Waals surface area contributed by atoms with Crippen molar-refractivity contribution in [3.8, 4) is 23.0 Å². The van der Waals surface area contributed by atoms with Crippen molar-refractivity contribution in [2.24, 2.45) is 11.8 Å². The first-order valence-electron chi connectivity index (χ1n) is 10.1. The van der Waals surface area contributed by atoms with Gasteiger partial charge in [-0.3, -0.25) is 0 Å². The fraction of sp³-hybridized carbons (Fsp3) is 0.500. The molecule has 2 rings (SSSR count). The molecule has 0 saturated carbocycles. The molecule has 0 bridgehead atoms. The van der Waals surface area contributed by atoms with Crippen molar-refractivity contribution in [2.75, 3.05) is 19.7 Å². The number of aromatic nitrogens is 1. The van der Waals surface area contributed by atoms with Crippen molar-refractivity contribution in [1.82, 2.24) is 4.98 Å². The van der Waals surface area contributed by atoms with E-state index in [1.807, 2.05) is 47.6 Å². The molecule has 1 aromatic carbocycles. The Balaban J connectivity index is 2.46. The van der Waals surface area contributed by atoms with Gasteiger partial charge in [0, 0.05) is 18.3 Å². The smallest absolute Gasteiger partial charge is 0.403 e. The number of phenols is 1. The van der Waals surface area contributed by atoms with Crippen LogP contribution in [0, 0.1) is 25.7 Å². The summed E-state index contributed by atoms with van der Waals surface area (Å²) in [6, 6.07) is 4.71. The molecule has 9 heteroatoms. The largest absolute Gasteiger partial charge is 0.504 e. The highest BCUT2D eigenvalue weighted by Crippen LogP contribution is 2.58. The lowest BCUT2D eigenvalue weighted by Gasteiger charge is -2.32. The standard InChI is InChI=1S/C22H33N2O6P/c1-13(2)21(14(3)4)31(26,30-24-22-16(6)15(5)9-10-23-22)29-17-11-18(25)20(28-8)19(12-17)27-7/h9-14,21,25H,1-8H3,(H,23,24). The van der Waals surface area contributed by atoms with E-state index in [-0.39, 0.29) is 34.8 Å². The predicted octanol–water partition coefficient (Wildman–Crippen LogP) is 5.72. The molecule has 0 spiro atoms. The van der Waals surface area contributed by atoms with Gasteiger partial charge in [0.1, 0.15) is 5.75 Å². The summed E-state index contributed by atoms with van der Waals surface area (Å²) >= 11 is 0. The number of aromatic hydroxyl groups is 1. The van der Waals surface area contributed by atoms with Crippen LogP contribution in [-0.2, 0) is 9.19 Å². The van der Waals surface area contributed by atoms with Crippen LogP contribution < -0.4 is 19.5 Å². The van der Waals surface area contributed by atoms with E-state index in [2.05, 4.69) is 10.5 Å². The van der Waals surface area contributed by atoms with Crippen LogP contribution in [0.25, 0.3) is 0 Å². The first-order chi connectivity index (χ1) is 14.5. The molecule has 0 aliphatic carbocycles. The Hall–Kier alpha value is -2.44. The molecule has 2 aromatic rings. The number of nitrogens with zero attached hydrogens (tertiary/aromatic N) is 1. The van der Waals surface area contributed by atoms with Gasteiger partial charge < -0.3 is 19.1 Å². The minimum atomic E-state index is -3.80. The van der Waals surface area contributed by atoms with Gasteiger partial charge in [-0.15, -0.1) is 0 Å². The Morgan fingerprint density at radius 3 is 2.26 bits per heavy atom. The van der Waals surface area contributed by atoms with Gasteiger partial charge in [-0.2, -0.15) is 4.62 Å². The highest BCUT2D eigenvalue weighted by atomic mass is 31.2. The number of aryl methyl sites for hydroxylation is 1. The van der Waals surface area contributed by atoms with Crippen LogP contribution in [0.5, 0.6) is 23.0 Å². The number of phenolic OH excluding ortho intramolecular Hbond substituents is 1. The van der Waals surface area contributed by atoms with Gasteiger partial charge in [-0.1, -0.05) is 27.7 Å². The van der Waals surface area contributed by atoms with Crippen molar-refractivity contribution >= 4 is 13.4 Å². The minimum Gasteiger partial charge on any atom is -0.504 e. The molecule has 1 heterocycles. The average molecular weight is 452 g/mol. The zero-order valence-electron chi connectivity index (χ0n) is 19.4. The first kappa shape index (κ1) is 24.8. The van der Waals surface area contributed by atoms with Crippen molar-refractivity contribution < 1.29 is 28.3 Å². The zero-order valence-corrected chi connectivity index (χ0v) is 20.3. The highest BCUT2D eigenvalue weighted by Gasteiger charge is 2.43. The monoisotopic (exact) mass is 452 g/mol. The third-order valence-electron chi connectivity index (χ3n) is 5.14. The molecule has 0 aliphatic rings. The molecular weight excluding hydrogens is 419 g/mol. The van der Waals surface area contributed by atoms with Gasteiger partial charge in [0.25, 0.3) is 0 Å². The maximum absolute atomic E-state index is 14.1. The van der Waals surface area contributed by atoms with E-state index in [4.69, 9.17) is 18.6 Å². The molecule has 2 N–H and O–H groups in total. The highest BCUT2D eigenvalue weighted by molar-refractivity contribution is 7.55. The van der Waals surface area contributed by atoms with Gasteiger partial charge in [0.2, 0.25) is 5.75 Å². The van der Waals surface area contributed by atoms with Crippen molar-refractivity contribution in [3.05, 3.63) is 35.5 Å². The minimum absolute atomic E-state index is 0.00654. The molecule has 0 amide bonds. The summed E-state index contributed by atoms with van der Waals surface area (Å²) < 4.78 is 36.3. The van der Waals surface area contributed by atoms with Crippen LogP contribution >= 0.6 is 7.60 Å². The number of pyridine rings is 1. The summed E-state index contributed by atoms with van der Waals surface area (Å²) in [4.78, 5) is 4.27. The summed E-state index contributed by atoms with van der Waals surface area (Å²) in [7, 11) is -0.939. The molecule has 1 unspecified atom stereocenters. The number of hydrogen-bond donors (Lipinski definition) is 2. The van der Waals surface area contributed by atoms with E-state index in [1.54, 1.807) is 6.20 Å². The lowest BCUT2D eigenvalue weighted by Crippen LogP contribution is -2.27. The molecule has 0 saturated heterocycles. The summed E-state index contributed by atoms with van der Waals surface area (Å²) in [5.41, 5.74) is 4.22. The second kappa shape index (κ2) is 10.2. The third-order valence-corrected chi connectivity index (χ3v) is 7.88. The number of anilines is 1. The Morgan fingerprint density at radius 2 is 1.71 bits per heavy atom. The van der Waals surface area contributed by atoms with Crippen LogP contribution in [0.15, 0.2) is 24.4 Å². The Kier molecular flexibility index (Phi) is 8.21. The molecule has 8 nitrogen and oxygen atoms in total. The summed E-state index contributed by atoms with van der Waals surface area (Å²) in [6.07, 6.45) is 1.65. The fourth-order valence-electron chi connectivity index (χ4n) is 3.60. The Bertz CT molecular complexity index is 940. The summed E-state index contributed by atoms with van der Waals surface area (Å²) in [6.45, 7) is 11.7. The quantitative estimate of drug-likeness (QED) is 0.349. The third kappa shape index (κ3) is 5.63. The second-order valence-electron chi connectivity index (χ2n) is 8.08. The number of ether oxygens (including phenoxy) is 2. The summed E-state index contributed by atoms with van der Waals surface area (Å²) in [5.74, 6) is 0.802. The molecule has 1 atom stereocenters. The second-order valence-corrected chi connectivity index (χ2v) is 10.1. The number of rotatable bonds is 10. The Morgan fingerprint density at radius 1 is 1.06 bits per heavy atom. The van der Waals surface area contributed by atoms with Gasteiger partial charge in [0.15, 0.2) is 17.3 Å². The van der Waals surface area contributed by atoms with Crippen molar-refractivity contribution in [1.29, 1.82) is 0 Å². The van der Waals surface area contributed by atoms with E-state index >= 15 is 0 Å². The lowest BCUT2D eigenvalue weighted by molar-refractivity contribution is 0.277. The molecule has 1 aromatic heterocycles. The van der Waals surface area contributed by atoms with Gasteiger partial charge in [0.05, 0.1) is 19.9 Å². The fourth-order valence-corrected chi connectivity index (χ4v) is 5.96. The first-order valence-corrected chi connectivity index (χ1v) is 11.8.